The SMILES string of the molecule is C#C.C/C=C1/CC2=C(CC3=C(C=CCC=C3)P2c2ccccc2)c2ccccc2N(c2ccc(C(N=C(NC)C3=CC=CCC=C3)=NC)cc2)/C1=C/CC.C/C=C\C(C)=C/C.CC.CC. The lowest BCUT2D eigenvalue weighted by Crippen LogP contribution is -2.23. The zero-order chi connectivity index (χ0) is 47.6. The first-order chi connectivity index (χ1) is 32.0. The molecule has 0 spiro atoms. The van der Waals surface area contributed by atoms with Gasteiger partial charge in [-0.05, 0) is 124 Å². The van der Waals surface area contributed by atoms with Gasteiger partial charge in [-0.15, -0.1) is 12.8 Å². The number of allylic oxidation sites excluding steroid dienone is 19. The van der Waals surface area contributed by atoms with E-state index in [4.69, 9.17) is 4.99 Å². The van der Waals surface area contributed by atoms with Crippen molar-refractivity contribution in [3.8, 4) is 12.8 Å². The van der Waals surface area contributed by atoms with Crippen molar-refractivity contribution in [1.82, 2.24) is 5.32 Å². The molecule has 65 heavy (non-hydrogen) atoms. The number of anilines is 2. The summed E-state index contributed by atoms with van der Waals surface area (Å²) in [5, 5.41) is 7.76. The number of amidine groups is 2. The number of terminal acetylenes is 1. The molecule has 7 rings (SSSR count). The number of nitrogens with one attached hydrogen (secondary N) is 1. The second-order valence-corrected chi connectivity index (χ2v) is 16.8. The van der Waals surface area contributed by atoms with Gasteiger partial charge in [-0.2, -0.15) is 0 Å². The zero-order valence-corrected chi connectivity index (χ0v) is 42.0. The largest absolute Gasteiger partial charge is 0.373 e. The van der Waals surface area contributed by atoms with E-state index in [2.05, 4.69) is 207 Å². The summed E-state index contributed by atoms with van der Waals surface area (Å²) >= 11 is 0. The minimum absolute atomic E-state index is 0.686. The molecular weight excluding hydrogens is 808 g/mol. The topological polar surface area (TPSA) is 40.0 Å². The normalized spacial score (nSPS) is 18.1. The van der Waals surface area contributed by atoms with Crippen LogP contribution < -0.4 is 15.5 Å². The van der Waals surface area contributed by atoms with Gasteiger partial charge in [0.15, 0.2) is 5.84 Å². The van der Waals surface area contributed by atoms with E-state index in [0.717, 1.165) is 54.8 Å². The van der Waals surface area contributed by atoms with Gasteiger partial charge in [-0.25, -0.2) is 4.99 Å². The summed E-state index contributed by atoms with van der Waals surface area (Å²) in [5.74, 6) is 1.48. The monoisotopic (exact) mass is 881 g/mol. The van der Waals surface area contributed by atoms with Crippen LogP contribution in [-0.4, -0.2) is 25.8 Å². The van der Waals surface area contributed by atoms with Crippen LogP contribution in [0.1, 0.15) is 106 Å². The fourth-order valence-corrected chi connectivity index (χ4v) is 10.6. The summed E-state index contributed by atoms with van der Waals surface area (Å²) in [6.07, 6.45) is 43.6. The van der Waals surface area contributed by atoms with Gasteiger partial charge in [0, 0.05) is 48.6 Å². The van der Waals surface area contributed by atoms with Crippen molar-refractivity contribution in [1.29, 1.82) is 0 Å². The number of hydrogen-bond donors (Lipinski definition) is 1. The summed E-state index contributed by atoms with van der Waals surface area (Å²) in [6.45, 7) is 18.6. The second kappa shape index (κ2) is 29.2. The minimum atomic E-state index is -0.718. The van der Waals surface area contributed by atoms with Crippen molar-refractivity contribution in [3.63, 3.8) is 0 Å². The average molecular weight is 881 g/mol. The van der Waals surface area contributed by atoms with E-state index < -0.39 is 7.92 Å². The predicted octanol–water partition coefficient (Wildman–Crippen LogP) is 16.4. The van der Waals surface area contributed by atoms with Crippen molar-refractivity contribution in [3.05, 3.63) is 214 Å². The molecule has 0 bridgehead atoms. The maximum Gasteiger partial charge on any atom is 0.156 e. The molecule has 3 aromatic carbocycles. The fraction of sp³-hybridized carbons (Fsp3) is 0.267. The molecule has 0 fully saturated rings. The highest BCUT2D eigenvalue weighted by Crippen LogP contribution is 2.64. The summed E-state index contributed by atoms with van der Waals surface area (Å²) in [6, 6.07) is 29.0. The molecule has 3 aromatic rings. The summed E-state index contributed by atoms with van der Waals surface area (Å²) in [4.78, 5) is 12.1. The van der Waals surface area contributed by atoms with Crippen LogP contribution in [0.3, 0.4) is 0 Å². The number of para-hydroxylation sites is 1. The second-order valence-electron chi connectivity index (χ2n) is 14.6. The molecule has 4 nitrogen and oxygen atoms in total. The Morgan fingerprint density at radius 3 is 2.11 bits per heavy atom. The van der Waals surface area contributed by atoms with E-state index in [1.807, 2.05) is 61.7 Å². The van der Waals surface area contributed by atoms with Crippen molar-refractivity contribution >= 4 is 41.8 Å². The number of aliphatic imine (C=N–C) groups is 2. The molecule has 4 aliphatic rings. The maximum atomic E-state index is 4.99. The molecule has 2 aliphatic carbocycles. The van der Waals surface area contributed by atoms with E-state index in [1.165, 1.54) is 49.9 Å². The van der Waals surface area contributed by atoms with Crippen LogP contribution in [0, 0.1) is 12.8 Å². The number of nitrogens with zero attached hydrogens (tertiary/aromatic N) is 3. The van der Waals surface area contributed by atoms with Crippen molar-refractivity contribution < 1.29 is 0 Å². The van der Waals surface area contributed by atoms with E-state index >= 15 is 0 Å². The molecule has 2 heterocycles. The van der Waals surface area contributed by atoms with E-state index in [1.54, 1.807) is 5.31 Å². The highest BCUT2D eigenvalue weighted by atomic mass is 31.1. The lowest BCUT2D eigenvalue weighted by Gasteiger charge is -2.39. The van der Waals surface area contributed by atoms with E-state index in [-0.39, 0.29) is 0 Å². The van der Waals surface area contributed by atoms with Gasteiger partial charge in [0.25, 0.3) is 0 Å². The summed E-state index contributed by atoms with van der Waals surface area (Å²) in [5.41, 5.74) is 12.5. The third-order valence-corrected chi connectivity index (χ3v) is 13.5. The van der Waals surface area contributed by atoms with E-state index in [9.17, 15) is 0 Å². The molecule has 1 unspecified atom stereocenters. The van der Waals surface area contributed by atoms with Crippen LogP contribution in [0.2, 0.25) is 0 Å². The Morgan fingerprint density at radius 2 is 1.48 bits per heavy atom. The Hall–Kier alpha value is -6.27. The van der Waals surface area contributed by atoms with Crippen LogP contribution in [0.25, 0.3) is 5.57 Å². The highest BCUT2D eigenvalue weighted by molar-refractivity contribution is 7.74. The summed E-state index contributed by atoms with van der Waals surface area (Å²) < 4.78 is 0. The Balaban J connectivity index is 0.000000773. The fourth-order valence-electron chi connectivity index (χ4n) is 7.79. The van der Waals surface area contributed by atoms with Gasteiger partial charge >= 0.3 is 0 Å². The number of rotatable bonds is 6. The molecule has 1 N–H and O–H groups in total. The average Bonchev–Trinajstić information content (AvgIpc) is 3.79. The smallest absolute Gasteiger partial charge is 0.156 e. The van der Waals surface area contributed by atoms with Gasteiger partial charge in [0.2, 0.25) is 0 Å². The number of benzene rings is 3. The molecule has 338 valence electrons. The molecular formula is C60H73N4P. The van der Waals surface area contributed by atoms with Gasteiger partial charge in [-0.1, -0.05) is 174 Å². The van der Waals surface area contributed by atoms with Gasteiger partial charge in [0.1, 0.15) is 5.84 Å². The molecule has 2 aliphatic heterocycles. The Bertz CT molecular complexity index is 2430. The Kier molecular flexibility index (Phi) is 23.9. The maximum absolute atomic E-state index is 4.99. The highest BCUT2D eigenvalue weighted by Gasteiger charge is 2.35. The minimum Gasteiger partial charge on any atom is -0.373 e. The van der Waals surface area contributed by atoms with Crippen LogP contribution in [0.5, 0.6) is 0 Å². The van der Waals surface area contributed by atoms with Crippen molar-refractivity contribution in [2.75, 3.05) is 19.0 Å². The lowest BCUT2D eigenvalue weighted by atomic mass is 9.89. The van der Waals surface area contributed by atoms with Crippen LogP contribution in [-0.2, 0) is 0 Å². The Morgan fingerprint density at radius 1 is 0.815 bits per heavy atom. The number of hydrogen-bond acceptors (Lipinski definition) is 2. The van der Waals surface area contributed by atoms with Gasteiger partial charge < -0.3 is 10.2 Å². The van der Waals surface area contributed by atoms with E-state index in [0.29, 0.717) is 5.84 Å². The zero-order valence-electron chi connectivity index (χ0n) is 41.1. The molecule has 0 radical (unpaired) electrons. The van der Waals surface area contributed by atoms with Gasteiger partial charge in [0.05, 0.1) is 5.69 Å². The summed E-state index contributed by atoms with van der Waals surface area (Å²) in [7, 11) is 3.00. The van der Waals surface area contributed by atoms with Gasteiger partial charge in [-0.3, -0.25) is 4.99 Å². The lowest BCUT2D eigenvalue weighted by molar-refractivity contribution is 1.04. The third-order valence-electron chi connectivity index (χ3n) is 10.8. The van der Waals surface area contributed by atoms with Crippen molar-refractivity contribution in [2.24, 2.45) is 9.98 Å². The van der Waals surface area contributed by atoms with Crippen LogP contribution in [0.4, 0.5) is 11.4 Å². The standard InChI is InChI=1S/C47H47N4P.C7H12.2C2H6.C2H2/c1-5-19-42-34(6-2)33-45-41(32-37-22-13-9-16-27-44(37)52(45)39-23-14-10-15-24-39)40-25-17-18-26-43(40)51(42)38-30-28-36(29-31-38)47(49-4)50-46(48-3)35-20-11-7-8-12-21-35;1-4-6-7(3)5-2;3*1-2/h6-7,10-31H,5,8-9,32-33H2,1-4H3,(H,48,49,50);4-6H,1-3H3;2*1-2H3;1-2H/b34-6-,42-19+;6-4-,7-5-;;;. The molecule has 0 saturated heterocycles. The first-order valence-corrected chi connectivity index (χ1v) is 24.6. The first kappa shape index (κ1) is 53.1. The van der Waals surface area contributed by atoms with Crippen LogP contribution in [0.15, 0.2) is 213 Å². The van der Waals surface area contributed by atoms with Crippen LogP contribution >= 0.6 is 7.92 Å². The molecule has 0 amide bonds. The number of likely N-dealkylation sites (N-methyl/N-ethyl adjacent to an activating group) is 1. The molecule has 0 saturated carbocycles. The Labute approximate surface area is 395 Å². The first-order valence-electron chi connectivity index (χ1n) is 23.3. The van der Waals surface area contributed by atoms with Crippen molar-refractivity contribution in [2.45, 2.75) is 94.4 Å². The third kappa shape index (κ3) is 13.9. The molecule has 0 aromatic heterocycles. The quantitative estimate of drug-likeness (QED) is 0.0881. The predicted molar refractivity (Wildman–Crippen MR) is 293 cm³/mol. The molecule has 1 atom stereocenters. The molecule has 5 heteroatoms. The number of fused-ring (bicyclic) bond motifs is 2.